The molecule has 0 aliphatic rings. The summed E-state index contributed by atoms with van der Waals surface area (Å²) in [5.41, 5.74) is 2.41. The average molecular weight is 247 g/mol. The van der Waals surface area contributed by atoms with Crippen molar-refractivity contribution in [2.45, 2.75) is 19.4 Å². The fourth-order valence-electron chi connectivity index (χ4n) is 1.58. The highest BCUT2D eigenvalue weighted by molar-refractivity contribution is 5.89. The summed E-state index contributed by atoms with van der Waals surface area (Å²) in [5, 5.41) is 13.7. The molecular formula is C12H17N5O. The van der Waals surface area contributed by atoms with Gasteiger partial charge >= 0.3 is 0 Å². The molecule has 0 atom stereocenters. The molecule has 6 nitrogen and oxygen atoms in total. The van der Waals surface area contributed by atoms with Crippen LogP contribution in [0.4, 0.5) is 11.8 Å². The molecule has 0 saturated heterocycles. The average Bonchev–Trinajstić information content (AvgIpc) is 2.34. The number of aliphatic hydroxyl groups is 1. The van der Waals surface area contributed by atoms with E-state index < -0.39 is 5.60 Å². The number of aromatic nitrogens is 2. The highest BCUT2D eigenvalue weighted by atomic mass is 16.3. The van der Waals surface area contributed by atoms with Gasteiger partial charge in [-0.25, -0.2) is 10.8 Å². The predicted molar refractivity (Wildman–Crippen MR) is 72.1 cm³/mol. The second-order valence-electron chi connectivity index (χ2n) is 4.72. The van der Waals surface area contributed by atoms with E-state index in [2.05, 4.69) is 20.7 Å². The number of anilines is 2. The lowest BCUT2D eigenvalue weighted by Gasteiger charge is -2.19. The van der Waals surface area contributed by atoms with E-state index in [1.165, 1.54) is 0 Å². The van der Waals surface area contributed by atoms with Gasteiger partial charge in [-0.3, -0.25) is 5.43 Å². The monoisotopic (exact) mass is 247 g/mol. The number of hydrogen-bond donors (Lipinski definition) is 4. The van der Waals surface area contributed by atoms with Gasteiger partial charge in [0.2, 0.25) is 5.95 Å². The van der Waals surface area contributed by atoms with Crippen molar-refractivity contribution in [1.29, 1.82) is 0 Å². The van der Waals surface area contributed by atoms with Gasteiger partial charge in [-0.15, -0.1) is 0 Å². The van der Waals surface area contributed by atoms with Gasteiger partial charge in [-0.1, -0.05) is 12.1 Å². The first-order valence-corrected chi connectivity index (χ1v) is 5.69. The van der Waals surface area contributed by atoms with E-state index in [9.17, 15) is 5.11 Å². The van der Waals surface area contributed by atoms with Crippen LogP contribution in [-0.4, -0.2) is 27.2 Å². The predicted octanol–water partition coefficient (Wildman–Crippen LogP) is 1.10. The molecule has 0 aliphatic heterocycles. The van der Waals surface area contributed by atoms with Crippen molar-refractivity contribution in [1.82, 2.24) is 9.97 Å². The van der Waals surface area contributed by atoms with Crippen LogP contribution < -0.4 is 16.6 Å². The van der Waals surface area contributed by atoms with Gasteiger partial charge in [-0.2, -0.15) is 4.98 Å². The van der Waals surface area contributed by atoms with Gasteiger partial charge in [0.05, 0.1) is 11.1 Å². The number of para-hydroxylation sites is 1. The minimum atomic E-state index is -0.817. The van der Waals surface area contributed by atoms with Crippen LogP contribution in [0.15, 0.2) is 24.3 Å². The molecule has 1 heterocycles. The summed E-state index contributed by atoms with van der Waals surface area (Å²) in [6.07, 6.45) is 0. The summed E-state index contributed by atoms with van der Waals surface area (Å²) in [6, 6.07) is 7.61. The van der Waals surface area contributed by atoms with E-state index in [0.29, 0.717) is 18.3 Å². The van der Waals surface area contributed by atoms with Crippen LogP contribution in [0.2, 0.25) is 0 Å². The molecule has 0 unspecified atom stereocenters. The standard InChI is InChI=1S/C12H17N5O/c1-12(2,18)7-14-10-8-5-3-4-6-9(8)15-11(16-10)17-13/h3-6,18H,7,13H2,1-2H3,(H2,14,15,16,17). The lowest BCUT2D eigenvalue weighted by Crippen LogP contribution is -2.29. The normalized spacial score (nSPS) is 11.6. The van der Waals surface area contributed by atoms with E-state index >= 15 is 0 Å². The zero-order valence-electron chi connectivity index (χ0n) is 10.4. The number of rotatable bonds is 4. The Labute approximate surface area is 105 Å². The first kappa shape index (κ1) is 12.5. The first-order chi connectivity index (χ1) is 8.49. The summed E-state index contributed by atoms with van der Waals surface area (Å²) in [7, 11) is 0. The molecule has 1 aromatic carbocycles. The van der Waals surface area contributed by atoms with Crippen molar-refractivity contribution in [3.8, 4) is 0 Å². The molecule has 2 rings (SSSR count). The van der Waals surface area contributed by atoms with Crippen LogP contribution in [0.5, 0.6) is 0 Å². The minimum Gasteiger partial charge on any atom is -0.389 e. The third kappa shape index (κ3) is 2.85. The molecule has 1 aromatic heterocycles. The molecule has 0 aliphatic carbocycles. The molecule has 6 heteroatoms. The van der Waals surface area contributed by atoms with Crippen molar-refractivity contribution < 1.29 is 5.11 Å². The number of nitrogens with zero attached hydrogens (tertiary/aromatic N) is 2. The Balaban J connectivity index is 2.41. The molecule has 5 N–H and O–H groups in total. The summed E-state index contributed by atoms with van der Waals surface area (Å²) >= 11 is 0. The van der Waals surface area contributed by atoms with Crippen LogP contribution >= 0.6 is 0 Å². The fourth-order valence-corrected chi connectivity index (χ4v) is 1.58. The molecular weight excluding hydrogens is 230 g/mol. The number of fused-ring (bicyclic) bond motifs is 1. The van der Waals surface area contributed by atoms with Crippen LogP contribution in [0, 0.1) is 0 Å². The van der Waals surface area contributed by atoms with Gasteiger partial charge in [-0.05, 0) is 26.0 Å². The molecule has 0 fully saturated rings. The smallest absolute Gasteiger partial charge is 0.239 e. The van der Waals surface area contributed by atoms with Gasteiger partial charge in [0.25, 0.3) is 0 Å². The Morgan fingerprint density at radius 1 is 1.28 bits per heavy atom. The third-order valence-electron chi connectivity index (χ3n) is 2.42. The molecule has 2 aromatic rings. The van der Waals surface area contributed by atoms with Crippen molar-refractivity contribution >= 4 is 22.7 Å². The van der Waals surface area contributed by atoms with E-state index in [1.54, 1.807) is 13.8 Å². The van der Waals surface area contributed by atoms with Crippen LogP contribution in [0.1, 0.15) is 13.8 Å². The summed E-state index contributed by atoms with van der Waals surface area (Å²) in [5.74, 6) is 6.33. The van der Waals surface area contributed by atoms with Gasteiger partial charge in [0.1, 0.15) is 5.82 Å². The van der Waals surface area contributed by atoms with E-state index in [1.807, 2.05) is 24.3 Å². The Bertz CT molecular complexity index is 550. The number of nitrogens with one attached hydrogen (secondary N) is 2. The summed E-state index contributed by atoms with van der Waals surface area (Å²) in [4.78, 5) is 8.50. The maximum absolute atomic E-state index is 9.73. The number of hydrogen-bond acceptors (Lipinski definition) is 6. The first-order valence-electron chi connectivity index (χ1n) is 5.69. The Morgan fingerprint density at radius 3 is 2.67 bits per heavy atom. The Hall–Kier alpha value is -1.92. The quantitative estimate of drug-likeness (QED) is 0.477. The topological polar surface area (TPSA) is 96.1 Å². The fraction of sp³-hybridized carbons (Fsp3) is 0.333. The summed E-state index contributed by atoms with van der Waals surface area (Å²) in [6.45, 7) is 3.84. The maximum Gasteiger partial charge on any atom is 0.239 e. The number of benzene rings is 1. The minimum absolute atomic E-state index is 0.340. The largest absolute Gasteiger partial charge is 0.389 e. The van der Waals surface area contributed by atoms with Crippen LogP contribution in [-0.2, 0) is 0 Å². The summed E-state index contributed by atoms with van der Waals surface area (Å²) < 4.78 is 0. The van der Waals surface area contributed by atoms with Crippen LogP contribution in [0.25, 0.3) is 10.9 Å². The maximum atomic E-state index is 9.73. The molecule has 0 spiro atoms. The van der Waals surface area contributed by atoms with E-state index in [0.717, 1.165) is 10.9 Å². The molecule has 0 bridgehead atoms. The highest BCUT2D eigenvalue weighted by Crippen LogP contribution is 2.21. The highest BCUT2D eigenvalue weighted by Gasteiger charge is 2.14. The van der Waals surface area contributed by atoms with Crippen molar-refractivity contribution in [2.75, 3.05) is 17.3 Å². The van der Waals surface area contributed by atoms with E-state index in [4.69, 9.17) is 5.84 Å². The lowest BCUT2D eigenvalue weighted by atomic mass is 10.1. The SMILES string of the molecule is CC(C)(O)CNc1nc(NN)nc2ccccc12. The van der Waals surface area contributed by atoms with Crippen molar-refractivity contribution in [3.63, 3.8) is 0 Å². The third-order valence-corrected chi connectivity index (χ3v) is 2.42. The Morgan fingerprint density at radius 2 is 2.00 bits per heavy atom. The van der Waals surface area contributed by atoms with E-state index in [-0.39, 0.29) is 0 Å². The molecule has 18 heavy (non-hydrogen) atoms. The molecule has 0 radical (unpaired) electrons. The molecule has 0 saturated carbocycles. The van der Waals surface area contributed by atoms with Gasteiger partial charge < -0.3 is 10.4 Å². The van der Waals surface area contributed by atoms with Gasteiger partial charge in [0.15, 0.2) is 0 Å². The van der Waals surface area contributed by atoms with Crippen molar-refractivity contribution in [2.24, 2.45) is 5.84 Å². The number of nitrogens with two attached hydrogens (primary N) is 1. The zero-order chi connectivity index (χ0) is 13.2. The van der Waals surface area contributed by atoms with Crippen molar-refractivity contribution in [3.05, 3.63) is 24.3 Å². The second-order valence-corrected chi connectivity index (χ2v) is 4.72. The van der Waals surface area contributed by atoms with Crippen LogP contribution in [0.3, 0.4) is 0 Å². The lowest BCUT2D eigenvalue weighted by molar-refractivity contribution is 0.0944. The van der Waals surface area contributed by atoms with Gasteiger partial charge in [0, 0.05) is 11.9 Å². The number of nitrogen functional groups attached to an aromatic ring is 1. The number of hydrazine groups is 1. The zero-order valence-corrected chi connectivity index (χ0v) is 10.4. The Kier molecular flexibility index (Phi) is 3.31. The second kappa shape index (κ2) is 4.75. The molecule has 0 amide bonds. The molecule has 96 valence electrons.